The predicted molar refractivity (Wildman–Crippen MR) is 78.9 cm³/mol. The quantitative estimate of drug-likeness (QED) is 0.851. The monoisotopic (exact) mass is 331 g/mol. The number of halogens is 3. The number of aromatic nitrogens is 1. The molecule has 2 rings (SSSR count). The Morgan fingerprint density at radius 3 is 2.30 bits per heavy atom. The summed E-state index contributed by atoms with van der Waals surface area (Å²) < 4.78 is 4.54. The maximum absolute atomic E-state index is 11.6. The summed E-state index contributed by atoms with van der Waals surface area (Å²) in [6.07, 6.45) is 1.41. The van der Waals surface area contributed by atoms with Gasteiger partial charge in [-0.15, -0.1) is 0 Å². The largest absolute Gasteiger partial charge is 0.465 e. The standard InChI is InChI=1S/C13H8Cl3NO3/c1-20-13(19)8-2-6(5-17-12(8)18)11-9(15)3-7(14)4-10(11)16/h2-5H,1H3,(H,17,18). The Kier molecular flexibility index (Phi) is 4.38. The van der Waals surface area contributed by atoms with E-state index in [2.05, 4.69) is 9.72 Å². The van der Waals surface area contributed by atoms with Gasteiger partial charge in [0.05, 0.1) is 17.2 Å². The first kappa shape index (κ1) is 14.9. The average Bonchev–Trinajstić information content (AvgIpc) is 2.38. The number of aromatic amines is 1. The van der Waals surface area contributed by atoms with Crippen molar-refractivity contribution in [1.82, 2.24) is 4.98 Å². The van der Waals surface area contributed by atoms with Crippen LogP contribution in [0, 0.1) is 0 Å². The molecule has 0 radical (unpaired) electrons. The second-order valence-electron chi connectivity index (χ2n) is 3.87. The molecule has 1 aromatic carbocycles. The van der Waals surface area contributed by atoms with Crippen molar-refractivity contribution >= 4 is 40.8 Å². The van der Waals surface area contributed by atoms with Gasteiger partial charge in [0.25, 0.3) is 5.56 Å². The van der Waals surface area contributed by atoms with Crippen LogP contribution in [0.15, 0.2) is 29.2 Å². The highest BCUT2D eigenvalue weighted by molar-refractivity contribution is 6.41. The molecule has 0 spiro atoms. The fourth-order valence-corrected chi connectivity index (χ4v) is 2.74. The first-order valence-electron chi connectivity index (χ1n) is 5.40. The number of hydrogen-bond donors (Lipinski definition) is 1. The Hall–Kier alpha value is -1.49. The molecule has 0 saturated carbocycles. The maximum atomic E-state index is 11.6. The number of H-pyrrole nitrogens is 1. The molecule has 2 aromatic rings. The number of benzene rings is 1. The molecule has 0 amide bonds. The van der Waals surface area contributed by atoms with Crippen molar-refractivity contribution in [1.29, 1.82) is 0 Å². The first-order chi connectivity index (χ1) is 9.43. The van der Waals surface area contributed by atoms with Gasteiger partial charge in [-0.1, -0.05) is 34.8 Å². The molecule has 0 atom stereocenters. The van der Waals surface area contributed by atoms with Gasteiger partial charge in [-0.25, -0.2) is 4.79 Å². The normalized spacial score (nSPS) is 10.4. The molecule has 0 aliphatic heterocycles. The molecule has 104 valence electrons. The highest BCUT2D eigenvalue weighted by atomic mass is 35.5. The number of nitrogens with one attached hydrogen (secondary N) is 1. The molecular formula is C13H8Cl3NO3. The van der Waals surface area contributed by atoms with Crippen molar-refractivity contribution in [3.8, 4) is 11.1 Å². The number of rotatable bonds is 2. The number of esters is 1. The third-order valence-corrected chi connectivity index (χ3v) is 3.42. The van der Waals surface area contributed by atoms with Crippen LogP contribution in [0.2, 0.25) is 15.1 Å². The number of ether oxygens (including phenoxy) is 1. The van der Waals surface area contributed by atoms with E-state index in [0.29, 0.717) is 26.2 Å². The molecule has 0 bridgehead atoms. The molecule has 20 heavy (non-hydrogen) atoms. The van der Waals surface area contributed by atoms with Gasteiger partial charge >= 0.3 is 5.97 Å². The predicted octanol–water partition coefficient (Wildman–Crippen LogP) is 3.79. The topological polar surface area (TPSA) is 59.2 Å². The fraction of sp³-hybridized carbons (Fsp3) is 0.0769. The number of pyridine rings is 1. The van der Waals surface area contributed by atoms with Crippen LogP contribution in [0.5, 0.6) is 0 Å². The first-order valence-corrected chi connectivity index (χ1v) is 6.53. The van der Waals surface area contributed by atoms with Crippen molar-refractivity contribution in [3.63, 3.8) is 0 Å². The lowest BCUT2D eigenvalue weighted by molar-refractivity contribution is 0.0598. The Labute approximate surface area is 129 Å². The summed E-state index contributed by atoms with van der Waals surface area (Å²) in [7, 11) is 1.19. The van der Waals surface area contributed by atoms with Crippen molar-refractivity contribution in [2.45, 2.75) is 0 Å². The summed E-state index contributed by atoms with van der Waals surface area (Å²) in [5.74, 6) is -0.741. The fourth-order valence-electron chi connectivity index (χ4n) is 1.71. The molecule has 1 N–H and O–H groups in total. The lowest BCUT2D eigenvalue weighted by atomic mass is 10.1. The van der Waals surface area contributed by atoms with Crippen LogP contribution in [0.3, 0.4) is 0 Å². The van der Waals surface area contributed by atoms with E-state index in [1.165, 1.54) is 31.5 Å². The van der Waals surface area contributed by atoms with E-state index >= 15 is 0 Å². The lowest BCUT2D eigenvalue weighted by Gasteiger charge is -2.09. The minimum absolute atomic E-state index is 0.132. The van der Waals surface area contributed by atoms with Gasteiger partial charge in [-0.2, -0.15) is 0 Å². The van der Waals surface area contributed by atoms with Gasteiger partial charge < -0.3 is 9.72 Å². The molecule has 0 aliphatic rings. The van der Waals surface area contributed by atoms with Crippen LogP contribution >= 0.6 is 34.8 Å². The Bertz CT molecular complexity index is 717. The molecule has 0 fully saturated rings. The molecule has 1 heterocycles. The van der Waals surface area contributed by atoms with Gasteiger partial charge in [0, 0.05) is 22.3 Å². The van der Waals surface area contributed by atoms with Crippen LogP contribution in [-0.2, 0) is 4.74 Å². The summed E-state index contributed by atoms with van der Waals surface area (Å²) in [5, 5.41) is 1.01. The zero-order valence-corrected chi connectivity index (χ0v) is 12.4. The van der Waals surface area contributed by atoms with Crippen LogP contribution in [0.25, 0.3) is 11.1 Å². The van der Waals surface area contributed by atoms with Crippen LogP contribution in [0.1, 0.15) is 10.4 Å². The average molecular weight is 333 g/mol. The Morgan fingerprint density at radius 1 is 1.15 bits per heavy atom. The second-order valence-corrected chi connectivity index (χ2v) is 5.12. The highest BCUT2D eigenvalue weighted by Gasteiger charge is 2.16. The summed E-state index contributed by atoms with van der Waals surface area (Å²) in [4.78, 5) is 25.5. The molecule has 7 heteroatoms. The van der Waals surface area contributed by atoms with Gasteiger partial charge in [-0.3, -0.25) is 4.79 Å². The van der Waals surface area contributed by atoms with E-state index in [-0.39, 0.29) is 5.56 Å². The third kappa shape index (κ3) is 2.82. The van der Waals surface area contributed by atoms with E-state index in [9.17, 15) is 9.59 Å². The Balaban J connectivity index is 2.66. The zero-order chi connectivity index (χ0) is 14.9. The van der Waals surface area contributed by atoms with Crippen molar-refractivity contribution in [2.24, 2.45) is 0 Å². The van der Waals surface area contributed by atoms with E-state index < -0.39 is 11.5 Å². The van der Waals surface area contributed by atoms with E-state index in [4.69, 9.17) is 34.8 Å². The van der Waals surface area contributed by atoms with Crippen LogP contribution in [-0.4, -0.2) is 18.1 Å². The summed E-state index contributed by atoms with van der Waals surface area (Å²) in [6.45, 7) is 0. The SMILES string of the molecule is COC(=O)c1cc(-c2c(Cl)cc(Cl)cc2Cl)c[nH]c1=O. The molecule has 4 nitrogen and oxygen atoms in total. The van der Waals surface area contributed by atoms with Gasteiger partial charge in [0.15, 0.2) is 0 Å². The van der Waals surface area contributed by atoms with E-state index in [1.807, 2.05) is 0 Å². The van der Waals surface area contributed by atoms with Crippen LogP contribution < -0.4 is 5.56 Å². The summed E-state index contributed by atoms with van der Waals surface area (Å²) in [5.41, 5.74) is 0.268. The molecule has 0 saturated heterocycles. The molecule has 0 aliphatic carbocycles. The third-order valence-electron chi connectivity index (χ3n) is 2.60. The Morgan fingerprint density at radius 2 is 1.75 bits per heavy atom. The number of methoxy groups -OCH3 is 1. The number of hydrogen-bond acceptors (Lipinski definition) is 3. The van der Waals surface area contributed by atoms with Gasteiger partial charge in [0.2, 0.25) is 0 Å². The maximum Gasteiger partial charge on any atom is 0.343 e. The van der Waals surface area contributed by atoms with Gasteiger partial charge in [0.1, 0.15) is 5.56 Å². The number of carbonyl (C=O) groups is 1. The van der Waals surface area contributed by atoms with Gasteiger partial charge in [-0.05, 0) is 18.2 Å². The van der Waals surface area contributed by atoms with Crippen molar-refractivity contribution < 1.29 is 9.53 Å². The molecule has 1 aromatic heterocycles. The number of carbonyl (C=O) groups excluding carboxylic acids is 1. The minimum atomic E-state index is -0.741. The van der Waals surface area contributed by atoms with E-state index in [1.54, 1.807) is 0 Å². The lowest BCUT2D eigenvalue weighted by Crippen LogP contribution is -2.18. The zero-order valence-electron chi connectivity index (χ0n) is 10.2. The molecule has 0 unspecified atom stereocenters. The second kappa shape index (κ2) is 5.87. The summed E-state index contributed by atoms with van der Waals surface area (Å²) >= 11 is 18.0. The van der Waals surface area contributed by atoms with E-state index in [0.717, 1.165) is 0 Å². The minimum Gasteiger partial charge on any atom is -0.465 e. The van der Waals surface area contributed by atoms with Crippen molar-refractivity contribution in [3.05, 3.63) is 55.4 Å². The van der Waals surface area contributed by atoms with Crippen molar-refractivity contribution in [2.75, 3.05) is 7.11 Å². The smallest absolute Gasteiger partial charge is 0.343 e. The summed E-state index contributed by atoms with van der Waals surface area (Å²) in [6, 6.07) is 4.41. The highest BCUT2D eigenvalue weighted by Crippen LogP contribution is 2.36. The molecular weight excluding hydrogens is 325 g/mol. The van der Waals surface area contributed by atoms with Crippen LogP contribution in [0.4, 0.5) is 0 Å².